The standard InChI is InChI=1S/C25H33NO8/c1-14-8-9-18-15(2)22(30-23-25(18)17(14)10-12-24(3,31-23)33-34-25)29-13-11-20-26(32-20)21(28)16-6-4-5-7-19(16)27/h4-7,14-15,17-18,20,22-23,27H,8-13H2,1-3H3/t14-,15-,17+,18+,20?,22+,23-,24-,25-,26?/m1/s1. The van der Waals surface area contributed by atoms with Gasteiger partial charge in [-0.25, -0.2) is 14.6 Å². The van der Waals surface area contributed by atoms with Crippen molar-refractivity contribution >= 4 is 5.91 Å². The number of fused-ring (bicyclic) bond motifs is 2. The highest BCUT2D eigenvalue weighted by Gasteiger charge is 2.69. The molecule has 1 aromatic carbocycles. The number of benzene rings is 1. The predicted octanol–water partition coefficient (Wildman–Crippen LogP) is 3.72. The van der Waals surface area contributed by atoms with Crippen LogP contribution in [0.15, 0.2) is 24.3 Å². The zero-order chi connectivity index (χ0) is 23.7. The highest BCUT2D eigenvalue weighted by Crippen LogP contribution is 2.60. The number of hydrogen-bond acceptors (Lipinski definition) is 8. The maximum atomic E-state index is 12.5. The van der Waals surface area contributed by atoms with Crippen LogP contribution in [-0.4, -0.2) is 52.9 Å². The Morgan fingerprint density at radius 2 is 2.00 bits per heavy atom. The summed E-state index contributed by atoms with van der Waals surface area (Å²) in [5.41, 5.74) is -0.384. The Kier molecular flexibility index (Phi) is 5.44. The lowest BCUT2D eigenvalue weighted by Crippen LogP contribution is -2.70. The summed E-state index contributed by atoms with van der Waals surface area (Å²) >= 11 is 0. The molecule has 9 nitrogen and oxygen atoms in total. The predicted molar refractivity (Wildman–Crippen MR) is 117 cm³/mol. The van der Waals surface area contributed by atoms with Crippen molar-refractivity contribution in [1.29, 1.82) is 0 Å². The van der Waals surface area contributed by atoms with Gasteiger partial charge in [-0.3, -0.25) is 4.79 Å². The molecule has 9 atom stereocenters. The van der Waals surface area contributed by atoms with E-state index >= 15 is 0 Å². The van der Waals surface area contributed by atoms with E-state index in [1.54, 1.807) is 18.2 Å². The molecule has 1 unspecified atom stereocenters. The number of nitrogens with zero attached hydrogens (tertiary/aromatic N) is 1. The second kappa shape index (κ2) is 8.15. The number of carbonyl (C=O) groups excluding carboxylic acids is 1. The lowest BCUT2D eigenvalue weighted by molar-refractivity contribution is -0.577. The third kappa shape index (κ3) is 3.48. The summed E-state index contributed by atoms with van der Waals surface area (Å²) in [6.45, 7) is 6.72. The van der Waals surface area contributed by atoms with Crippen LogP contribution in [0.1, 0.15) is 63.2 Å². The molecule has 1 amide bonds. The van der Waals surface area contributed by atoms with Crippen molar-refractivity contribution in [2.75, 3.05) is 6.61 Å². The lowest BCUT2D eigenvalue weighted by Gasteiger charge is -2.60. The normalized spacial score (nSPS) is 44.9. The zero-order valence-corrected chi connectivity index (χ0v) is 19.8. The van der Waals surface area contributed by atoms with Gasteiger partial charge in [0.25, 0.3) is 5.91 Å². The van der Waals surface area contributed by atoms with Crippen LogP contribution in [0.2, 0.25) is 0 Å². The number of para-hydroxylation sites is 1. The summed E-state index contributed by atoms with van der Waals surface area (Å²) in [6, 6.07) is 6.44. The topological polar surface area (TPSA) is 99.0 Å². The van der Waals surface area contributed by atoms with Gasteiger partial charge in [0.2, 0.25) is 5.79 Å². The van der Waals surface area contributed by atoms with Crippen LogP contribution in [0.5, 0.6) is 5.75 Å². The number of aromatic hydroxyl groups is 1. The van der Waals surface area contributed by atoms with Crippen LogP contribution in [0.4, 0.5) is 0 Å². The van der Waals surface area contributed by atoms with E-state index in [4.69, 9.17) is 28.8 Å². The molecule has 0 radical (unpaired) electrons. The van der Waals surface area contributed by atoms with Gasteiger partial charge in [-0.2, -0.15) is 5.06 Å². The number of rotatable bonds is 5. The van der Waals surface area contributed by atoms with E-state index in [1.807, 2.05) is 6.92 Å². The highest BCUT2D eigenvalue weighted by molar-refractivity contribution is 5.97. The molecule has 1 spiro atoms. The van der Waals surface area contributed by atoms with Crippen LogP contribution >= 0.6 is 0 Å². The fourth-order valence-electron chi connectivity index (χ4n) is 6.57. The zero-order valence-electron chi connectivity index (χ0n) is 19.8. The molecule has 5 aliphatic heterocycles. The smallest absolute Gasteiger partial charge is 0.283 e. The molecule has 6 aliphatic rings. The monoisotopic (exact) mass is 475 g/mol. The third-order valence-corrected chi connectivity index (χ3v) is 8.53. The van der Waals surface area contributed by atoms with Crippen LogP contribution < -0.4 is 0 Å². The van der Waals surface area contributed by atoms with Gasteiger partial charge in [0, 0.05) is 24.7 Å². The fourth-order valence-corrected chi connectivity index (χ4v) is 6.57. The van der Waals surface area contributed by atoms with E-state index in [9.17, 15) is 9.90 Å². The van der Waals surface area contributed by atoms with Crippen molar-refractivity contribution < 1.29 is 38.7 Å². The second-order valence-corrected chi connectivity index (χ2v) is 10.6. The van der Waals surface area contributed by atoms with Crippen molar-refractivity contribution in [2.45, 2.75) is 83.1 Å². The minimum atomic E-state index is -0.811. The average molecular weight is 476 g/mol. The molecule has 7 rings (SSSR count). The number of amides is 1. The molecule has 34 heavy (non-hydrogen) atoms. The Labute approximate surface area is 199 Å². The molecule has 2 bridgehead atoms. The van der Waals surface area contributed by atoms with Crippen molar-refractivity contribution in [3.05, 3.63) is 29.8 Å². The summed E-state index contributed by atoms with van der Waals surface area (Å²) in [5.74, 6) is -0.0977. The van der Waals surface area contributed by atoms with Crippen molar-refractivity contribution in [2.24, 2.45) is 23.7 Å². The van der Waals surface area contributed by atoms with Gasteiger partial charge in [-0.15, -0.1) is 0 Å². The first-order valence-corrected chi connectivity index (χ1v) is 12.4. The second-order valence-electron chi connectivity index (χ2n) is 10.6. The first-order valence-electron chi connectivity index (χ1n) is 12.4. The Morgan fingerprint density at radius 1 is 1.18 bits per heavy atom. The maximum absolute atomic E-state index is 12.5. The van der Waals surface area contributed by atoms with E-state index in [2.05, 4.69) is 13.8 Å². The largest absolute Gasteiger partial charge is 0.507 e. The average Bonchev–Trinajstić information content (AvgIpc) is 3.62. The van der Waals surface area contributed by atoms with Crippen LogP contribution in [-0.2, 0) is 28.8 Å². The summed E-state index contributed by atoms with van der Waals surface area (Å²) < 4.78 is 19.0. The molecule has 1 aliphatic carbocycles. The Morgan fingerprint density at radius 3 is 2.82 bits per heavy atom. The summed E-state index contributed by atoms with van der Waals surface area (Å²) in [5, 5.41) is 11.2. The lowest BCUT2D eigenvalue weighted by atomic mass is 9.58. The van der Waals surface area contributed by atoms with Gasteiger partial charge in [0.1, 0.15) is 5.75 Å². The first kappa shape index (κ1) is 22.7. The van der Waals surface area contributed by atoms with Gasteiger partial charge in [0.15, 0.2) is 24.4 Å². The van der Waals surface area contributed by atoms with E-state index in [0.29, 0.717) is 24.9 Å². The summed E-state index contributed by atoms with van der Waals surface area (Å²) in [4.78, 5) is 30.0. The third-order valence-electron chi connectivity index (χ3n) is 8.53. The Balaban J connectivity index is 1.10. The molecular weight excluding hydrogens is 442 g/mol. The number of hydroxylamine groups is 2. The van der Waals surface area contributed by atoms with Crippen molar-refractivity contribution in [1.82, 2.24) is 5.06 Å². The summed E-state index contributed by atoms with van der Waals surface area (Å²) in [6.07, 6.45) is 3.06. The molecule has 1 saturated carbocycles. The number of phenols is 1. The van der Waals surface area contributed by atoms with E-state index in [0.717, 1.165) is 25.7 Å². The minimum absolute atomic E-state index is 0.0611. The van der Waals surface area contributed by atoms with E-state index in [-0.39, 0.29) is 35.3 Å². The highest BCUT2D eigenvalue weighted by atomic mass is 17.3. The fraction of sp³-hybridized carbons (Fsp3) is 0.720. The minimum Gasteiger partial charge on any atom is -0.507 e. The number of phenolic OH excluding ortho intramolecular Hbond substituents is 1. The molecule has 1 N–H and O–H groups in total. The van der Waals surface area contributed by atoms with Crippen molar-refractivity contribution in [3.63, 3.8) is 0 Å². The van der Waals surface area contributed by atoms with E-state index in [1.165, 1.54) is 11.1 Å². The van der Waals surface area contributed by atoms with Crippen molar-refractivity contribution in [3.8, 4) is 5.75 Å². The Bertz CT molecular complexity index is 959. The maximum Gasteiger partial charge on any atom is 0.283 e. The molecule has 0 aromatic heterocycles. The number of hydrogen-bond donors (Lipinski definition) is 1. The van der Waals surface area contributed by atoms with Crippen LogP contribution in [0.3, 0.4) is 0 Å². The van der Waals surface area contributed by atoms with E-state index < -0.39 is 24.0 Å². The summed E-state index contributed by atoms with van der Waals surface area (Å²) in [7, 11) is 0. The number of ether oxygens (including phenoxy) is 3. The molecule has 5 saturated heterocycles. The molecule has 1 aromatic rings. The molecular formula is C25H33NO8. The van der Waals surface area contributed by atoms with Crippen LogP contribution in [0.25, 0.3) is 0 Å². The Hall–Kier alpha value is -1.75. The SMILES string of the molecule is C[C@H]1[C@@H](OCCC2ON2C(=O)c2ccccc2O)O[C@@H]2O[C@@]3(C)CC[C@H]4[C@H](C)CC[C@@H]1[C@@]24OO3. The first-order chi connectivity index (χ1) is 16.3. The van der Waals surface area contributed by atoms with Gasteiger partial charge in [-0.05, 0) is 50.2 Å². The van der Waals surface area contributed by atoms with Gasteiger partial charge in [0.05, 0.1) is 12.2 Å². The van der Waals surface area contributed by atoms with Gasteiger partial charge < -0.3 is 19.3 Å². The molecule has 186 valence electrons. The molecule has 6 fully saturated rings. The molecule has 5 heterocycles. The van der Waals surface area contributed by atoms with Gasteiger partial charge in [-0.1, -0.05) is 26.0 Å². The van der Waals surface area contributed by atoms with Crippen LogP contribution in [0, 0.1) is 23.7 Å². The quantitative estimate of drug-likeness (QED) is 0.508. The van der Waals surface area contributed by atoms with Gasteiger partial charge >= 0.3 is 0 Å². The number of carbonyl (C=O) groups is 1. The molecule has 9 heteroatoms.